The molecule has 2 aromatic rings. The summed E-state index contributed by atoms with van der Waals surface area (Å²) in [5.74, 6) is -0.617. The van der Waals surface area contributed by atoms with E-state index in [1.54, 1.807) is 12.1 Å². The second kappa shape index (κ2) is 6.34. The van der Waals surface area contributed by atoms with E-state index >= 15 is 0 Å². The predicted octanol–water partition coefficient (Wildman–Crippen LogP) is 4.22. The number of para-hydroxylation sites is 1. The number of halogens is 3. The Hall–Kier alpha value is -2.76. The van der Waals surface area contributed by atoms with Crippen molar-refractivity contribution in [1.82, 2.24) is 0 Å². The third-order valence-corrected chi connectivity index (χ3v) is 2.84. The lowest BCUT2D eigenvalue weighted by atomic mass is 10.1. The molecule has 0 radical (unpaired) electrons. The summed E-state index contributed by atoms with van der Waals surface area (Å²) in [5.41, 5.74) is -0.460. The van der Waals surface area contributed by atoms with Crippen LogP contribution in [0.3, 0.4) is 0 Å². The van der Waals surface area contributed by atoms with Gasteiger partial charge in [-0.1, -0.05) is 18.2 Å². The smallest absolute Gasteiger partial charge is 0.416 e. The maximum absolute atomic E-state index is 12.6. The van der Waals surface area contributed by atoms with Crippen molar-refractivity contribution in [1.29, 1.82) is 0 Å². The number of ketones is 1. The van der Waals surface area contributed by atoms with E-state index in [2.05, 4.69) is 5.32 Å². The Morgan fingerprint density at radius 2 is 1.82 bits per heavy atom. The van der Waals surface area contributed by atoms with Gasteiger partial charge < -0.3 is 10.4 Å². The number of phenolic OH excluding ortho intramolecular Hbond substituents is 1. The van der Waals surface area contributed by atoms with Crippen LogP contribution in [0.25, 0.3) is 0 Å². The van der Waals surface area contributed by atoms with Gasteiger partial charge in [-0.2, -0.15) is 13.2 Å². The van der Waals surface area contributed by atoms with Crippen molar-refractivity contribution in [3.63, 3.8) is 0 Å². The summed E-state index contributed by atoms with van der Waals surface area (Å²) >= 11 is 0. The maximum atomic E-state index is 12.6. The van der Waals surface area contributed by atoms with Gasteiger partial charge in [-0.15, -0.1) is 0 Å². The molecule has 0 amide bonds. The number of alkyl halides is 3. The van der Waals surface area contributed by atoms with Gasteiger partial charge in [0.25, 0.3) is 0 Å². The molecule has 0 saturated heterocycles. The zero-order valence-corrected chi connectivity index (χ0v) is 11.3. The van der Waals surface area contributed by atoms with Gasteiger partial charge in [-0.3, -0.25) is 4.79 Å². The lowest BCUT2D eigenvalue weighted by molar-refractivity contribution is -0.137. The van der Waals surface area contributed by atoms with Crippen LogP contribution in [0, 0.1) is 0 Å². The van der Waals surface area contributed by atoms with Crippen molar-refractivity contribution in [2.75, 3.05) is 5.32 Å². The van der Waals surface area contributed by atoms with Gasteiger partial charge in [0.2, 0.25) is 0 Å². The highest BCUT2D eigenvalue weighted by atomic mass is 19.4. The van der Waals surface area contributed by atoms with Gasteiger partial charge in [-0.05, 0) is 30.3 Å². The minimum Gasteiger partial charge on any atom is -0.507 e. The molecule has 2 aromatic carbocycles. The molecule has 0 saturated carbocycles. The molecule has 0 aliphatic carbocycles. The number of nitrogens with one attached hydrogen (secondary N) is 1. The molecule has 0 spiro atoms. The van der Waals surface area contributed by atoms with E-state index in [9.17, 15) is 23.1 Å². The van der Waals surface area contributed by atoms with Crippen molar-refractivity contribution >= 4 is 11.5 Å². The highest BCUT2D eigenvalue weighted by Gasteiger charge is 2.30. The van der Waals surface area contributed by atoms with E-state index in [-0.39, 0.29) is 17.0 Å². The van der Waals surface area contributed by atoms with Crippen LogP contribution >= 0.6 is 0 Å². The van der Waals surface area contributed by atoms with Crippen LogP contribution in [0.5, 0.6) is 5.75 Å². The number of hydrogen-bond donors (Lipinski definition) is 2. The van der Waals surface area contributed by atoms with Crippen molar-refractivity contribution < 1.29 is 23.1 Å². The topological polar surface area (TPSA) is 49.3 Å². The third kappa shape index (κ3) is 3.88. The standard InChI is InChI=1S/C16H12F3NO2/c17-16(18,19)11-4-3-5-12(10-11)20-9-8-15(22)13-6-1-2-7-14(13)21/h1-10,20-21H. The highest BCUT2D eigenvalue weighted by Crippen LogP contribution is 2.30. The summed E-state index contributed by atoms with van der Waals surface area (Å²) in [6.45, 7) is 0. The lowest BCUT2D eigenvalue weighted by Gasteiger charge is -2.08. The van der Waals surface area contributed by atoms with Crippen LogP contribution in [0.1, 0.15) is 15.9 Å². The van der Waals surface area contributed by atoms with Gasteiger partial charge in [0.05, 0.1) is 11.1 Å². The second-order valence-corrected chi connectivity index (χ2v) is 4.44. The highest BCUT2D eigenvalue weighted by molar-refractivity contribution is 6.06. The number of allylic oxidation sites excluding steroid dienone is 1. The largest absolute Gasteiger partial charge is 0.507 e. The number of benzene rings is 2. The fourth-order valence-electron chi connectivity index (χ4n) is 1.77. The van der Waals surface area contributed by atoms with E-state index in [1.165, 1.54) is 30.5 Å². The molecule has 0 heterocycles. The molecule has 0 aliphatic heterocycles. The quantitative estimate of drug-likeness (QED) is 0.657. The first-order valence-corrected chi connectivity index (χ1v) is 6.30. The van der Waals surface area contributed by atoms with Gasteiger partial charge in [0.1, 0.15) is 5.75 Å². The molecule has 2 N–H and O–H groups in total. The zero-order valence-electron chi connectivity index (χ0n) is 11.3. The van der Waals surface area contributed by atoms with E-state index in [4.69, 9.17) is 0 Å². The minimum absolute atomic E-state index is 0.115. The second-order valence-electron chi connectivity index (χ2n) is 4.44. The average molecular weight is 307 g/mol. The Balaban J connectivity index is 2.07. The van der Waals surface area contributed by atoms with Crippen LogP contribution in [-0.4, -0.2) is 10.9 Å². The molecule has 0 unspecified atom stereocenters. The van der Waals surface area contributed by atoms with Crippen LogP contribution < -0.4 is 5.32 Å². The van der Waals surface area contributed by atoms with Crippen LogP contribution in [-0.2, 0) is 6.18 Å². The van der Waals surface area contributed by atoms with Gasteiger partial charge in [-0.25, -0.2) is 0 Å². The van der Waals surface area contributed by atoms with E-state index in [1.807, 2.05) is 0 Å². The summed E-state index contributed by atoms with van der Waals surface area (Å²) in [7, 11) is 0. The first-order chi connectivity index (χ1) is 10.4. The molecule has 2 rings (SSSR count). The molecule has 0 atom stereocenters. The molecule has 6 heteroatoms. The number of anilines is 1. The summed E-state index contributed by atoms with van der Waals surface area (Å²) in [6, 6.07) is 10.6. The zero-order chi connectivity index (χ0) is 16.2. The molecular weight excluding hydrogens is 295 g/mol. The maximum Gasteiger partial charge on any atom is 0.416 e. The number of carbonyl (C=O) groups is 1. The van der Waals surface area contributed by atoms with Crippen molar-refractivity contribution in [2.24, 2.45) is 0 Å². The molecule has 3 nitrogen and oxygen atoms in total. The van der Waals surface area contributed by atoms with E-state index in [0.29, 0.717) is 0 Å². The fourth-order valence-corrected chi connectivity index (χ4v) is 1.77. The Kier molecular flexibility index (Phi) is 4.50. The van der Waals surface area contributed by atoms with E-state index < -0.39 is 17.5 Å². The van der Waals surface area contributed by atoms with Gasteiger partial charge >= 0.3 is 6.18 Å². The third-order valence-electron chi connectivity index (χ3n) is 2.84. The molecule has 0 aliphatic rings. The average Bonchev–Trinajstić information content (AvgIpc) is 2.47. The first-order valence-electron chi connectivity index (χ1n) is 6.30. The lowest BCUT2D eigenvalue weighted by Crippen LogP contribution is -2.05. The summed E-state index contributed by atoms with van der Waals surface area (Å²) in [5, 5.41) is 12.1. The van der Waals surface area contributed by atoms with Crippen molar-refractivity contribution in [2.45, 2.75) is 6.18 Å². The number of aromatic hydroxyl groups is 1. The Labute approximate surface area is 124 Å². The van der Waals surface area contributed by atoms with Crippen LogP contribution in [0.15, 0.2) is 60.8 Å². The van der Waals surface area contributed by atoms with E-state index in [0.717, 1.165) is 18.2 Å². The predicted molar refractivity (Wildman–Crippen MR) is 76.6 cm³/mol. The molecule has 0 fully saturated rings. The SMILES string of the molecule is O=C(C=CNc1cccc(C(F)(F)F)c1)c1ccccc1O. The molecule has 0 aromatic heterocycles. The summed E-state index contributed by atoms with van der Waals surface area (Å²) in [4.78, 5) is 11.8. The summed E-state index contributed by atoms with van der Waals surface area (Å²) < 4.78 is 37.7. The first kappa shape index (κ1) is 15.6. The molecular formula is C16H12F3NO2. The number of phenols is 1. The van der Waals surface area contributed by atoms with Gasteiger partial charge in [0.15, 0.2) is 5.78 Å². The molecule has 22 heavy (non-hydrogen) atoms. The Morgan fingerprint density at radius 3 is 2.50 bits per heavy atom. The number of rotatable bonds is 4. The Bertz CT molecular complexity index is 709. The normalized spacial score (nSPS) is 11.6. The fraction of sp³-hybridized carbons (Fsp3) is 0.0625. The number of hydrogen-bond acceptors (Lipinski definition) is 3. The number of carbonyl (C=O) groups excluding carboxylic acids is 1. The monoisotopic (exact) mass is 307 g/mol. The molecule has 114 valence electrons. The minimum atomic E-state index is -4.42. The molecule has 0 bridgehead atoms. The van der Waals surface area contributed by atoms with Crippen LogP contribution in [0.2, 0.25) is 0 Å². The van der Waals surface area contributed by atoms with Crippen molar-refractivity contribution in [3.8, 4) is 5.75 Å². The van der Waals surface area contributed by atoms with Crippen LogP contribution in [0.4, 0.5) is 18.9 Å². The summed E-state index contributed by atoms with van der Waals surface area (Å²) in [6.07, 6.45) is -2.06. The Morgan fingerprint density at radius 1 is 1.09 bits per heavy atom. The van der Waals surface area contributed by atoms with Gasteiger partial charge in [0, 0.05) is 18.0 Å². The van der Waals surface area contributed by atoms with Crippen molar-refractivity contribution in [3.05, 3.63) is 71.9 Å².